The molecule has 2 saturated carbocycles. The molecule has 0 amide bonds. The first kappa shape index (κ1) is 17.0. The van der Waals surface area contributed by atoms with Crippen LogP contribution in [0, 0.1) is 17.3 Å². The Labute approximate surface area is 144 Å². The van der Waals surface area contributed by atoms with Crippen molar-refractivity contribution in [3.8, 4) is 0 Å². The van der Waals surface area contributed by atoms with Gasteiger partial charge in [-0.2, -0.15) is 0 Å². The van der Waals surface area contributed by atoms with Gasteiger partial charge in [0.05, 0.1) is 17.9 Å². The van der Waals surface area contributed by atoms with Crippen molar-refractivity contribution in [1.82, 2.24) is 0 Å². The first-order chi connectivity index (χ1) is 11.5. The smallest absolute Gasteiger partial charge is 0.313 e. The fourth-order valence-corrected chi connectivity index (χ4v) is 5.49. The van der Waals surface area contributed by atoms with E-state index in [1.807, 2.05) is 0 Å². The zero-order valence-electron chi connectivity index (χ0n) is 14.3. The third-order valence-electron chi connectivity index (χ3n) is 6.72. The van der Waals surface area contributed by atoms with Crippen molar-refractivity contribution in [2.24, 2.45) is 17.3 Å². The van der Waals surface area contributed by atoms with Crippen LogP contribution in [-0.2, 0) is 23.8 Å². The third-order valence-corrected chi connectivity index (χ3v) is 6.72. The summed E-state index contributed by atoms with van der Waals surface area (Å²) in [6.07, 6.45) is -2.37. The molecule has 0 radical (unpaired) electrons. The maximum absolute atomic E-state index is 12.4. The Bertz CT molecular complexity index is 680. The molecule has 0 aromatic rings. The fourth-order valence-electron chi connectivity index (χ4n) is 5.49. The molecule has 3 aliphatic heterocycles. The van der Waals surface area contributed by atoms with Crippen molar-refractivity contribution < 1.29 is 39.1 Å². The van der Waals surface area contributed by atoms with Crippen LogP contribution in [0.25, 0.3) is 0 Å². The quantitative estimate of drug-likeness (QED) is 0.326. The molecule has 9 atom stereocenters. The number of ether oxygens (including phenoxy) is 3. The second-order valence-electron chi connectivity index (χ2n) is 7.90. The van der Waals surface area contributed by atoms with E-state index in [1.165, 1.54) is 0 Å². The molecule has 2 unspecified atom stereocenters. The van der Waals surface area contributed by atoms with Gasteiger partial charge in [0, 0.05) is 12.8 Å². The summed E-state index contributed by atoms with van der Waals surface area (Å²) in [4.78, 5) is 21.4. The number of fused-ring (bicyclic) bond motifs is 8. The van der Waals surface area contributed by atoms with Gasteiger partial charge in [-0.3, -0.25) is 9.59 Å². The lowest BCUT2D eigenvalue weighted by Gasteiger charge is -2.54. The third kappa shape index (κ3) is 1.66. The Kier molecular flexibility index (Phi) is 3.13. The molecule has 0 aromatic carbocycles. The molecule has 0 aromatic heterocycles. The molecule has 25 heavy (non-hydrogen) atoms. The number of aliphatic hydroxyl groups excluding tert-OH is 1. The SMILES string of the molecule is C=C(C)C1[C@H]2OC(=O)[C@@H]1[C@]1(O)[C@H]3O[C@H]3[C@]3(CO3)C1(C)[C@@H]2O.CC(=O)O. The second-order valence-corrected chi connectivity index (χ2v) is 7.90. The van der Waals surface area contributed by atoms with E-state index in [-0.39, 0.29) is 12.0 Å². The van der Waals surface area contributed by atoms with Gasteiger partial charge in [-0.25, -0.2) is 0 Å². The minimum atomic E-state index is -1.47. The monoisotopic (exact) mass is 354 g/mol. The summed E-state index contributed by atoms with van der Waals surface area (Å²) in [7, 11) is 0. The molecule has 3 saturated heterocycles. The number of carboxylic acid groups (broad SMARTS) is 1. The molecule has 2 bridgehead atoms. The average molecular weight is 354 g/mol. The maximum atomic E-state index is 12.4. The van der Waals surface area contributed by atoms with E-state index < -0.39 is 52.8 Å². The number of carbonyl (C=O) groups excluding carboxylic acids is 1. The van der Waals surface area contributed by atoms with Crippen molar-refractivity contribution in [1.29, 1.82) is 0 Å². The van der Waals surface area contributed by atoms with Gasteiger partial charge in [0.15, 0.2) is 0 Å². The van der Waals surface area contributed by atoms with Crippen molar-refractivity contribution in [3.63, 3.8) is 0 Å². The number of hydrogen-bond acceptors (Lipinski definition) is 7. The summed E-state index contributed by atoms with van der Waals surface area (Å²) in [5.74, 6) is -2.43. The Morgan fingerprint density at radius 1 is 1.32 bits per heavy atom. The summed E-state index contributed by atoms with van der Waals surface area (Å²) in [6.45, 7) is 9.05. The Morgan fingerprint density at radius 2 is 1.88 bits per heavy atom. The molecule has 8 nitrogen and oxygen atoms in total. The normalized spacial score (nSPS) is 56.3. The van der Waals surface area contributed by atoms with E-state index in [0.29, 0.717) is 6.61 Å². The standard InChI is InChI=1S/C15H18O6.C2H4O2/c1-5(2)6-7-12(17)20-8(6)9(16)13(3)14(4-19-14)10-11(21-10)15(7,13)18;1-2(3)4/h6-11,16,18H,1,4H2,2-3H3;1H3,(H,3,4)/t6?,7-,8-,9-,10-,11+,13?,14-,15+;/m1./s1. The molecule has 2 aliphatic carbocycles. The van der Waals surface area contributed by atoms with Crippen molar-refractivity contribution in [2.45, 2.75) is 56.4 Å². The van der Waals surface area contributed by atoms with Gasteiger partial charge in [0.25, 0.3) is 5.97 Å². The minimum absolute atomic E-state index is 0.236. The highest BCUT2D eigenvalue weighted by molar-refractivity contribution is 5.80. The molecule has 5 fully saturated rings. The highest BCUT2D eigenvalue weighted by Crippen LogP contribution is 2.75. The topological polar surface area (TPSA) is 129 Å². The molecular weight excluding hydrogens is 332 g/mol. The molecule has 8 heteroatoms. The molecule has 5 aliphatic rings. The van der Waals surface area contributed by atoms with Crippen LogP contribution in [0.5, 0.6) is 0 Å². The van der Waals surface area contributed by atoms with Gasteiger partial charge >= 0.3 is 5.97 Å². The zero-order valence-corrected chi connectivity index (χ0v) is 14.3. The van der Waals surface area contributed by atoms with Crippen molar-refractivity contribution >= 4 is 11.9 Å². The number of epoxide rings is 2. The number of esters is 1. The lowest BCUT2D eigenvalue weighted by Crippen LogP contribution is -2.70. The molecule has 138 valence electrons. The van der Waals surface area contributed by atoms with Gasteiger partial charge in [-0.05, 0) is 6.92 Å². The van der Waals surface area contributed by atoms with Crippen LogP contribution >= 0.6 is 0 Å². The summed E-state index contributed by atoms with van der Waals surface area (Å²) in [5.41, 5.74) is -2.38. The number of aliphatic carboxylic acids is 1. The predicted molar refractivity (Wildman–Crippen MR) is 81.4 cm³/mol. The van der Waals surface area contributed by atoms with Crippen molar-refractivity contribution in [2.75, 3.05) is 6.61 Å². The van der Waals surface area contributed by atoms with Crippen LogP contribution < -0.4 is 0 Å². The van der Waals surface area contributed by atoms with Crippen LogP contribution in [0.4, 0.5) is 0 Å². The number of rotatable bonds is 1. The largest absolute Gasteiger partial charge is 0.481 e. The predicted octanol–water partition coefficient (Wildman–Crippen LogP) is -0.527. The van der Waals surface area contributed by atoms with Gasteiger partial charge in [-0.15, -0.1) is 0 Å². The fraction of sp³-hybridized carbons (Fsp3) is 0.765. The van der Waals surface area contributed by atoms with Gasteiger partial charge < -0.3 is 29.5 Å². The maximum Gasteiger partial charge on any atom is 0.313 e. The lowest BCUT2D eigenvalue weighted by atomic mass is 9.52. The average Bonchev–Trinajstić information content (AvgIpc) is 3.36. The molecule has 5 rings (SSSR count). The van der Waals surface area contributed by atoms with Crippen LogP contribution in [-0.4, -0.2) is 69.5 Å². The summed E-state index contributed by atoms with van der Waals surface area (Å²) >= 11 is 0. The highest BCUT2D eigenvalue weighted by atomic mass is 16.7. The second kappa shape index (κ2) is 4.62. The number of carboxylic acids is 1. The summed E-state index contributed by atoms with van der Waals surface area (Å²) in [6, 6.07) is 0. The van der Waals surface area contributed by atoms with Gasteiger partial charge in [-0.1, -0.05) is 19.1 Å². The Hall–Kier alpha value is -1.48. The number of aliphatic hydroxyl groups is 2. The van der Waals surface area contributed by atoms with Gasteiger partial charge in [0.1, 0.15) is 35.6 Å². The van der Waals surface area contributed by atoms with E-state index in [0.717, 1.165) is 12.5 Å². The van der Waals surface area contributed by atoms with Crippen LogP contribution in [0.1, 0.15) is 20.8 Å². The van der Waals surface area contributed by atoms with E-state index in [2.05, 4.69) is 6.58 Å². The Balaban J connectivity index is 0.000000358. The molecule has 3 heterocycles. The van der Waals surface area contributed by atoms with E-state index >= 15 is 0 Å². The summed E-state index contributed by atoms with van der Waals surface area (Å²) in [5, 5.41) is 29.8. The van der Waals surface area contributed by atoms with Gasteiger partial charge in [0.2, 0.25) is 0 Å². The van der Waals surface area contributed by atoms with E-state index in [1.54, 1.807) is 13.8 Å². The number of hydrogen-bond donors (Lipinski definition) is 3. The van der Waals surface area contributed by atoms with E-state index in [4.69, 9.17) is 24.1 Å². The van der Waals surface area contributed by atoms with Crippen LogP contribution in [0.3, 0.4) is 0 Å². The summed E-state index contributed by atoms with van der Waals surface area (Å²) < 4.78 is 16.7. The first-order valence-corrected chi connectivity index (χ1v) is 8.29. The molecule has 1 spiro atoms. The lowest BCUT2D eigenvalue weighted by molar-refractivity contribution is -0.232. The highest BCUT2D eigenvalue weighted by Gasteiger charge is 2.94. The van der Waals surface area contributed by atoms with Crippen molar-refractivity contribution in [3.05, 3.63) is 12.2 Å². The molecular formula is C17H22O8. The zero-order chi connectivity index (χ0) is 18.5. The Morgan fingerprint density at radius 3 is 2.36 bits per heavy atom. The molecule has 3 N–H and O–H groups in total. The van der Waals surface area contributed by atoms with Crippen LogP contribution in [0.15, 0.2) is 12.2 Å². The number of carbonyl (C=O) groups is 2. The van der Waals surface area contributed by atoms with E-state index in [9.17, 15) is 15.0 Å². The van der Waals surface area contributed by atoms with Crippen LogP contribution in [0.2, 0.25) is 0 Å². The first-order valence-electron chi connectivity index (χ1n) is 8.29. The minimum Gasteiger partial charge on any atom is -0.481 e.